The van der Waals surface area contributed by atoms with E-state index in [-0.39, 0.29) is 23.7 Å². The summed E-state index contributed by atoms with van der Waals surface area (Å²) in [4.78, 5) is 26.4. The molecule has 1 aromatic rings. The molecule has 0 N–H and O–H groups in total. The van der Waals surface area contributed by atoms with Crippen LogP contribution in [0.1, 0.15) is 36.8 Å². The van der Waals surface area contributed by atoms with E-state index < -0.39 is 0 Å². The van der Waals surface area contributed by atoms with Gasteiger partial charge >= 0.3 is 0 Å². The van der Waals surface area contributed by atoms with Gasteiger partial charge in [0.05, 0.1) is 17.5 Å². The molecule has 1 aliphatic carbocycles. The Morgan fingerprint density at radius 2 is 1.58 bits per heavy atom. The lowest BCUT2D eigenvalue weighted by molar-refractivity contribution is -0.122. The lowest BCUT2D eigenvalue weighted by atomic mass is 9.81. The molecule has 0 bridgehead atoms. The molecular formula is C16H19NO2. The molecule has 2 amide bonds. The number of fused-ring (bicyclic) bond motifs is 1. The minimum Gasteiger partial charge on any atom is -0.274 e. The molecule has 1 aromatic carbocycles. The second kappa shape index (κ2) is 4.48. The van der Waals surface area contributed by atoms with Crippen LogP contribution in [0, 0.1) is 25.7 Å². The van der Waals surface area contributed by atoms with E-state index in [2.05, 4.69) is 0 Å². The van der Waals surface area contributed by atoms with Crippen LogP contribution in [0.25, 0.3) is 0 Å². The predicted molar refractivity (Wildman–Crippen MR) is 73.9 cm³/mol. The Bertz CT molecular complexity index is 526. The van der Waals surface area contributed by atoms with Crippen LogP contribution in [0.2, 0.25) is 0 Å². The summed E-state index contributed by atoms with van der Waals surface area (Å²) in [5.41, 5.74) is 2.92. The van der Waals surface area contributed by atoms with Crippen LogP contribution in [0.5, 0.6) is 0 Å². The van der Waals surface area contributed by atoms with E-state index in [0.717, 1.165) is 42.5 Å². The number of anilines is 1. The highest BCUT2D eigenvalue weighted by Gasteiger charge is 2.48. The second-order valence-corrected chi connectivity index (χ2v) is 5.80. The Labute approximate surface area is 113 Å². The average molecular weight is 257 g/mol. The Morgan fingerprint density at radius 3 is 2.11 bits per heavy atom. The van der Waals surface area contributed by atoms with E-state index in [1.54, 1.807) is 0 Å². The molecule has 1 aliphatic heterocycles. The number of carbonyl (C=O) groups is 2. The van der Waals surface area contributed by atoms with Crippen molar-refractivity contribution in [1.29, 1.82) is 0 Å². The van der Waals surface area contributed by atoms with Gasteiger partial charge < -0.3 is 0 Å². The zero-order valence-electron chi connectivity index (χ0n) is 11.5. The molecule has 1 saturated heterocycles. The average Bonchev–Trinajstić information content (AvgIpc) is 2.64. The summed E-state index contributed by atoms with van der Waals surface area (Å²) in [6.45, 7) is 3.98. The fourth-order valence-electron chi connectivity index (χ4n) is 3.46. The Kier molecular flexibility index (Phi) is 2.92. The number of rotatable bonds is 1. The smallest absolute Gasteiger partial charge is 0.237 e. The molecule has 19 heavy (non-hydrogen) atoms. The van der Waals surface area contributed by atoms with E-state index in [1.165, 1.54) is 4.90 Å². The minimum atomic E-state index is -0.0676. The summed E-state index contributed by atoms with van der Waals surface area (Å²) in [6, 6.07) is 5.89. The van der Waals surface area contributed by atoms with E-state index >= 15 is 0 Å². The zero-order valence-corrected chi connectivity index (χ0v) is 11.5. The highest BCUT2D eigenvalue weighted by molar-refractivity contribution is 6.22. The van der Waals surface area contributed by atoms with Crippen molar-refractivity contribution < 1.29 is 9.59 Å². The molecule has 1 heterocycles. The molecule has 3 rings (SSSR count). The number of nitrogens with zero attached hydrogens (tertiary/aromatic N) is 1. The first-order valence-corrected chi connectivity index (χ1v) is 7.04. The SMILES string of the molecule is Cc1ccc(N2C(=O)[C@H]3CCCC[C@@H]3C2=O)c(C)c1. The quantitative estimate of drug-likeness (QED) is 0.725. The fraction of sp³-hybridized carbons (Fsp3) is 0.500. The monoisotopic (exact) mass is 257 g/mol. The molecule has 1 saturated carbocycles. The molecule has 2 aliphatic rings. The van der Waals surface area contributed by atoms with Crippen LogP contribution in [0.4, 0.5) is 5.69 Å². The van der Waals surface area contributed by atoms with Crippen molar-refractivity contribution in [2.75, 3.05) is 4.90 Å². The number of benzene rings is 1. The third-order valence-electron chi connectivity index (χ3n) is 4.43. The van der Waals surface area contributed by atoms with Crippen LogP contribution < -0.4 is 4.90 Å². The van der Waals surface area contributed by atoms with Gasteiger partial charge in [0.15, 0.2) is 0 Å². The second-order valence-electron chi connectivity index (χ2n) is 5.80. The highest BCUT2D eigenvalue weighted by atomic mass is 16.2. The standard InChI is InChI=1S/C16H19NO2/c1-10-7-8-14(11(2)9-10)17-15(18)12-5-3-4-6-13(12)16(17)19/h7-9,12-13H,3-6H2,1-2H3/t12-,13-/m0/s1. The Morgan fingerprint density at radius 1 is 1.00 bits per heavy atom. The van der Waals surface area contributed by atoms with Gasteiger partial charge in [-0.3, -0.25) is 9.59 Å². The maximum atomic E-state index is 12.5. The summed E-state index contributed by atoms with van der Waals surface area (Å²) < 4.78 is 0. The lowest BCUT2D eigenvalue weighted by Crippen LogP contribution is -2.31. The van der Waals surface area contributed by atoms with Crippen molar-refractivity contribution in [2.24, 2.45) is 11.8 Å². The number of imide groups is 1. The Balaban J connectivity index is 2.00. The lowest BCUT2D eigenvalue weighted by Gasteiger charge is -2.19. The van der Waals surface area contributed by atoms with Gasteiger partial charge in [-0.2, -0.15) is 0 Å². The van der Waals surface area contributed by atoms with E-state index in [9.17, 15) is 9.59 Å². The summed E-state index contributed by atoms with van der Waals surface area (Å²) in [6.07, 6.45) is 3.88. The maximum Gasteiger partial charge on any atom is 0.237 e. The van der Waals surface area contributed by atoms with Crippen LogP contribution >= 0.6 is 0 Å². The fourth-order valence-corrected chi connectivity index (χ4v) is 3.46. The first-order valence-electron chi connectivity index (χ1n) is 7.04. The molecule has 2 atom stereocenters. The van der Waals surface area contributed by atoms with Crippen LogP contribution in [-0.4, -0.2) is 11.8 Å². The Hall–Kier alpha value is -1.64. The summed E-state index contributed by atoms with van der Waals surface area (Å²) in [5.74, 6) is -0.104. The van der Waals surface area contributed by atoms with Crippen LogP contribution in [-0.2, 0) is 9.59 Å². The molecule has 2 fully saturated rings. The molecular weight excluding hydrogens is 238 g/mol. The summed E-state index contributed by atoms with van der Waals surface area (Å²) >= 11 is 0. The normalized spacial score (nSPS) is 26.7. The first-order chi connectivity index (χ1) is 9.09. The molecule has 100 valence electrons. The van der Waals surface area contributed by atoms with Crippen LogP contribution in [0.15, 0.2) is 18.2 Å². The maximum absolute atomic E-state index is 12.5. The third-order valence-corrected chi connectivity index (χ3v) is 4.43. The van der Waals surface area contributed by atoms with Gasteiger partial charge in [-0.05, 0) is 38.3 Å². The van der Waals surface area contributed by atoms with Crippen molar-refractivity contribution in [1.82, 2.24) is 0 Å². The van der Waals surface area contributed by atoms with Gasteiger partial charge in [0.1, 0.15) is 0 Å². The van der Waals surface area contributed by atoms with Gasteiger partial charge in [0.25, 0.3) is 0 Å². The minimum absolute atomic E-state index is 0.0154. The first kappa shape index (κ1) is 12.4. The molecule has 0 unspecified atom stereocenters. The number of carbonyl (C=O) groups excluding carboxylic acids is 2. The molecule has 3 nitrogen and oxygen atoms in total. The van der Waals surface area contributed by atoms with Gasteiger partial charge in [-0.25, -0.2) is 4.90 Å². The van der Waals surface area contributed by atoms with Gasteiger partial charge in [-0.1, -0.05) is 30.5 Å². The van der Waals surface area contributed by atoms with Gasteiger partial charge in [-0.15, -0.1) is 0 Å². The van der Waals surface area contributed by atoms with E-state index in [4.69, 9.17) is 0 Å². The predicted octanol–water partition coefficient (Wildman–Crippen LogP) is 2.98. The van der Waals surface area contributed by atoms with Gasteiger partial charge in [0.2, 0.25) is 11.8 Å². The number of hydrogen-bond acceptors (Lipinski definition) is 2. The summed E-state index contributed by atoms with van der Waals surface area (Å²) in [7, 11) is 0. The number of amides is 2. The molecule has 0 aromatic heterocycles. The van der Waals surface area contributed by atoms with E-state index in [1.807, 2.05) is 32.0 Å². The molecule has 0 radical (unpaired) electrons. The molecule has 0 spiro atoms. The zero-order chi connectivity index (χ0) is 13.6. The van der Waals surface area contributed by atoms with Crippen molar-refractivity contribution in [3.05, 3.63) is 29.3 Å². The third kappa shape index (κ3) is 1.88. The highest BCUT2D eigenvalue weighted by Crippen LogP contribution is 2.40. The van der Waals surface area contributed by atoms with Crippen molar-refractivity contribution in [3.8, 4) is 0 Å². The number of aryl methyl sites for hydroxylation is 2. The topological polar surface area (TPSA) is 37.4 Å². The number of hydrogen-bond donors (Lipinski definition) is 0. The van der Waals surface area contributed by atoms with Crippen molar-refractivity contribution in [2.45, 2.75) is 39.5 Å². The van der Waals surface area contributed by atoms with Crippen molar-refractivity contribution >= 4 is 17.5 Å². The van der Waals surface area contributed by atoms with Gasteiger partial charge in [0, 0.05) is 0 Å². The van der Waals surface area contributed by atoms with Crippen LogP contribution in [0.3, 0.4) is 0 Å². The summed E-state index contributed by atoms with van der Waals surface area (Å²) in [5, 5.41) is 0. The molecule has 3 heteroatoms. The van der Waals surface area contributed by atoms with E-state index in [0.29, 0.717) is 0 Å². The van der Waals surface area contributed by atoms with Crippen molar-refractivity contribution in [3.63, 3.8) is 0 Å². The largest absolute Gasteiger partial charge is 0.274 e.